The van der Waals surface area contributed by atoms with Crippen LogP contribution in [0.1, 0.15) is 0 Å². The molecule has 0 radical (unpaired) electrons. The molecule has 0 saturated carbocycles. The van der Waals surface area contributed by atoms with Crippen molar-refractivity contribution >= 4 is 33.3 Å². The second-order valence-corrected chi connectivity index (χ2v) is 5.79. The Labute approximate surface area is 115 Å². The van der Waals surface area contributed by atoms with E-state index in [1.807, 2.05) is 0 Å². The van der Waals surface area contributed by atoms with Gasteiger partial charge in [0.15, 0.2) is 0 Å². The van der Waals surface area contributed by atoms with E-state index in [9.17, 15) is 8.42 Å². The van der Waals surface area contributed by atoms with Crippen molar-refractivity contribution in [3.05, 3.63) is 58.6 Å². The maximum Gasteiger partial charge on any atom is 0.339 e. The zero-order valence-corrected chi connectivity index (χ0v) is 11.3. The van der Waals surface area contributed by atoms with Gasteiger partial charge in [-0.2, -0.15) is 8.42 Å². The molecule has 3 nitrogen and oxygen atoms in total. The summed E-state index contributed by atoms with van der Waals surface area (Å²) in [5.41, 5.74) is 0. The van der Waals surface area contributed by atoms with Crippen molar-refractivity contribution in [2.45, 2.75) is 4.90 Å². The van der Waals surface area contributed by atoms with Gasteiger partial charge >= 0.3 is 10.1 Å². The fourth-order valence-corrected chi connectivity index (χ4v) is 2.52. The first-order valence-corrected chi connectivity index (χ1v) is 7.10. The number of hydrogen-bond acceptors (Lipinski definition) is 3. The fourth-order valence-electron chi connectivity index (χ4n) is 1.29. The van der Waals surface area contributed by atoms with Crippen molar-refractivity contribution in [2.75, 3.05) is 0 Å². The maximum absolute atomic E-state index is 11.9. The third-order valence-corrected chi connectivity index (χ3v) is 4.13. The molecule has 0 saturated heterocycles. The lowest BCUT2D eigenvalue weighted by Gasteiger charge is -2.07. The second-order valence-electron chi connectivity index (χ2n) is 3.43. The quantitative estimate of drug-likeness (QED) is 0.811. The molecule has 0 aromatic heterocycles. The molecule has 0 aliphatic heterocycles. The molecule has 6 heteroatoms. The van der Waals surface area contributed by atoms with Gasteiger partial charge in [0.05, 0.1) is 10.0 Å². The van der Waals surface area contributed by atoms with Crippen LogP contribution in [0.3, 0.4) is 0 Å². The van der Waals surface area contributed by atoms with Crippen molar-refractivity contribution in [1.82, 2.24) is 0 Å². The average molecular weight is 303 g/mol. The Morgan fingerprint density at radius 3 is 2.17 bits per heavy atom. The zero-order chi connectivity index (χ0) is 13.2. The van der Waals surface area contributed by atoms with Crippen LogP contribution in [0.5, 0.6) is 5.75 Å². The Balaban J connectivity index is 2.31. The lowest BCUT2D eigenvalue weighted by atomic mass is 10.3. The van der Waals surface area contributed by atoms with Gasteiger partial charge in [-0.1, -0.05) is 41.4 Å². The number of halogens is 2. The summed E-state index contributed by atoms with van der Waals surface area (Å²) in [6.45, 7) is 0. The molecule has 0 spiro atoms. The van der Waals surface area contributed by atoms with Gasteiger partial charge in [0, 0.05) is 6.07 Å². The first-order chi connectivity index (χ1) is 8.49. The summed E-state index contributed by atoms with van der Waals surface area (Å²) >= 11 is 11.5. The summed E-state index contributed by atoms with van der Waals surface area (Å²) in [5, 5.41) is 0.568. The van der Waals surface area contributed by atoms with Crippen molar-refractivity contribution in [3.8, 4) is 5.75 Å². The molecule has 0 fully saturated rings. The molecule has 0 aliphatic rings. The maximum atomic E-state index is 11.9. The van der Waals surface area contributed by atoms with Crippen LogP contribution < -0.4 is 4.18 Å². The van der Waals surface area contributed by atoms with E-state index in [4.69, 9.17) is 27.4 Å². The minimum Gasteiger partial charge on any atom is -0.379 e. The molecule has 2 aromatic rings. The molecule has 0 unspecified atom stereocenters. The van der Waals surface area contributed by atoms with Crippen molar-refractivity contribution in [1.29, 1.82) is 0 Å². The number of rotatable bonds is 3. The highest BCUT2D eigenvalue weighted by molar-refractivity contribution is 7.87. The smallest absolute Gasteiger partial charge is 0.339 e. The molecule has 0 atom stereocenters. The molecule has 0 N–H and O–H groups in total. The minimum atomic E-state index is -3.84. The fraction of sp³-hybridized carbons (Fsp3) is 0. The zero-order valence-electron chi connectivity index (χ0n) is 9.01. The van der Waals surface area contributed by atoms with Gasteiger partial charge in [-0.3, -0.25) is 0 Å². The van der Waals surface area contributed by atoms with Gasteiger partial charge in [0.1, 0.15) is 10.6 Å². The standard InChI is InChI=1S/C12H8Cl2O3S/c13-11-7-6-9(8-12(11)14)17-18(15,16)10-4-2-1-3-5-10/h1-8H. The Kier molecular flexibility index (Phi) is 3.80. The largest absolute Gasteiger partial charge is 0.379 e. The van der Waals surface area contributed by atoms with Gasteiger partial charge < -0.3 is 4.18 Å². The number of benzene rings is 2. The molecule has 0 bridgehead atoms. The molecular formula is C12H8Cl2O3S. The Hall–Kier alpha value is -1.23. The van der Waals surface area contributed by atoms with E-state index in [0.29, 0.717) is 5.02 Å². The predicted octanol–water partition coefficient (Wildman–Crippen LogP) is 3.76. The highest BCUT2D eigenvalue weighted by Gasteiger charge is 2.16. The highest BCUT2D eigenvalue weighted by atomic mass is 35.5. The van der Waals surface area contributed by atoms with E-state index in [2.05, 4.69) is 0 Å². The SMILES string of the molecule is O=S(=O)(Oc1ccc(Cl)c(Cl)c1)c1ccccc1. The summed E-state index contributed by atoms with van der Waals surface area (Å²) in [6, 6.07) is 12.1. The summed E-state index contributed by atoms with van der Waals surface area (Å²) in [7, 11) is -3.84. The van der Waals surface area contributed by atoms with E-state index < -0.39 is 10.1 Å². The third kappa shape index (κ3) is 2.96. The normalized spacial score (nSPS) is 11.2. The van der Waals surface area contributed by atoms with Crippen LogP contribution in [0.4, 0.5) is 0 Å². The van der Waals surface area contributed by atoms with E-state index >= 15 is 0 Å². The van der Waals surface area contributed by atoms with Gasteiger partial charge in [-0.15, -0.1) is 0 Å². The summed E-state index contributed by atoms with van der Waals surface area (Å²) in [6.07, 6.45) is 0. The second kappa shape index (κ2) is 5.18. The molecule has 18 heavy (non-hydrogen) atoms. The summed E-state index contributed by atoms with van der Waals surface area (Å²) in [4.78, 5) is 0.0797. The van der Waals surface area contributed by atoms with Crippen LogP contribution in [0.15, 0.2) is 53.4 Å². The lowest BCUT2D eigenvalue weighted by molar-refractivity contribution is 0.486. The first kappa shape index (κ1) is 13.2. The van der Waals surface area contributed by atoms with E-state index in [1.165, 1.54) is 30.3 Å². The highest BCUT2D eigenvalue weighted by Crippen LogP contribution is 2.28. The van der Waals surface area contributed by atoms with Crippen molar-refractivity contribution in [3.63, 3.8) is 0 Å². The van der Waals surface area contributed by atoms with E-state index in [0.717, 1.165) is 0 Å². The predicted molar refractivity (Wildman–Crippen MR) is 70.7 cm³/mol. The molecule has 0 heterocycles. The average Bonchev–Trinajstić information content (AvgIpc) is 2.35. The number of hydrogen-bond donors (Lipinski definition) is 0. The lowest BCUT2D eigenvalue weighted by Crippen LogP contribution is -2.09. The molecule has 94 valence electrons. The van der Waals surface area contributed by atoms with Gasteiger partial charge in [-0.05, 0) is 24.3 Å². The molecule has 0 aliphatic carbocycles. The molecule has 2 rings (SSSR count). The topological polar surface area (TPSA) is 43.4 Å². The van der Waals surface area contributed by atoms with Crippen LogP contribution in [0.25, 0.3) is 0 Å². The molecular weight excluding hydrogens is 295 g/mol. The molecule has 2 aromatic carbocycles. The monoisotopic (exact) mass is 302 g/mol. The Morgan fingerprint density at radius 1 is 0.889 bits per heavy atom. The van der Waals surface area contributed by atoms with Crippen LogP contribution >= 0.6 is 23.2 Å². The van der Waals surface area contributed by atoms with Gasteiger partial charge in [0.25, 0.3) is 0 Å². The van der Waals surface area contributed by atoms with Crippen LogP contribution in [-0.4, -0.2) is 8.42 Å². The summed E-state index contributed by atoms with van der Waals surface area (Å²) in [5.74, 6) is 0.119. The van der Waals surface area contributed by atoms with Crippen LogP contribution in [0.2, 0.25) is 10.0 Å². The van der Waals surface area contributed by atoms with Gasteiger partial charge in [0.2, 0.25) is 0 Å². The Bertz CT molecular complexity index is 654. The first-order valence-electron chi connectivity index (χ1n) is 4.93. The summed E-state index contributed by atoms with van der Waals surface area (Å²) < 4.78 is 28.8. The van der Waals surface area contributed by atoms with E-state index in [1.54, 1.807) is 18.2 Å². The molecule has 0 amide bonds. The van der Waals surface area contributed by atoms with E-state index in [-0.39, 0.29) is 15.7 Å². The van der Waals surface area contributed by atoms with Crippen molar-refractivity contribution < 1.29 is 12.6 Å². The van der Waals surface area contributed by atoms with Gasteiger partial charge in [-0.25, -0.2) is 0 Å². The van der Waals surface area contributed by atoms with Crippen LogP contribution in [0, 0.1) is 0 Å². The van der Waals surface area contributed by atoms with Crippen LogP contribution in [-0.2, 0) is 10.1 Å². The van der Waals surface area contributed by atoms with Crippen molar-refractivity contribution in [2.24, 2.45) is 0 Å². The Morgan fingerprint density at radius 2 is 1.56 bits per heavy atom. The third-order valence-electron chi connectivity index (χ3n) is 2.13. The minimum absolute atomic E-state index is 0.0797.